The van der Waals surface area contributed by atoms with E-state index in [4.69, 9.17) is 9.84 Å². The molecule has 0 unspecified atom stereocenters. The molecule has 2 aromatic rings. The lowest BCUT2D eigenvalue weighted by atomic mass is 10.1. The van der Waals surface area contributed by atoms with E-state index in [1.54, 1.807) is 10.7 Å². The maximum Gasteiger partial charge on any atom is 0.356 e. The summed E-state index contributed by atoms with van der Waals surface area (Å²) in [5.74, 6) is -0.157. The molecule has 0 saturated heterocycles. The Morgan fingerprint density at radius 2 is 2.05 bits per heavy atom. The lowest BCUT2D eigenvalue weighted by Gasteiger charge is -2.10. The second kappa shape index (κ2) is 5.77. The van der Waals surface area contributed by atoms with Gasteiger partial charge in [0, 0.05) is 5.69 Å². The Balaban J connectivity index is 1.99. The van der Waals surface area contributed by atoms with Crippen LogP contribution in [0.4, 0.5) is 0 Å². The number of carboxylic acids is 1. The number of hydrogen-bond donors (Lipinski definition) is 1. The number of aromatic nitrogens is 2. The highest BCUT2D eigenvalue weighted by Gasteiger charge is 2.10. The molecular weight excluding hydrogens is 256 g/mol. The maximum absolute atomic E-state index is 10.8. The van der Waals surface area contributed by atoms with E-state index in [0.29, 0.717) is 13.2 Å². The zero-order valence-corrected chi connectivity index (χ0v) is 11.9. The molecule has 5 nitrogen and oxygen atoms in total. The van der Waals surface area contributed by atoms with Crippen LogP contribution in [0.2, 0.25) is 0 Å². The topological polar surface area (TPSA) is 64.4 Å². The molecule has 0 radical (unpaired) electrons. The Kier molecular flexibility index (Phi) is 4.08. The molecule has 1 heterocycles. The van der Waals surface area contributed by atoms with Crippen molar-refractivity contribution in [2.75, 3.05) is 6.61 Å². The van der Waals surface area contributed by atoms with Gasteiger partial charge in [0.05, 0.1) is 6.54 Å². The summed E-state index contributed by atoms with van der Waals surface area (Å²) >= 11 is 0. The van der Waals surface area contributed by atoms with Gasteiger partial charge in [-0.05, 0) is 44.0 Å². The highest BCUT2D eigenvalue weighted by Crippen LogP contribution is 2.19. The summed E-state index contributed by atoms with van der Waals surface area (Å²) in [5.41, 5.74) is 3.11. The Morgan fingerprint density at radius 3 is 2.70 bits per heavy atom. The fourth-order valence-corrected chi connectivity index (χ4v) is 1.95. The normalized spacial score (nSPS) is 10.6. The van der Waals surface area contributed by atoms with Crippen molar-refractivity contribution in [3.8, 4) is 5.75 Å². The first-order chi connectivity index (χ1) is 9.47. The fourth-order valence-electron chi connectivity index (χ4n) is 1.95. The summed E-state index contributed by atoms with van der Waals surface area (Å²) in [5, 5.41) is 12.9. The van der Waals surface area contributed by atoms with E-state index in [0.717, 1.165) is 22.6 Å². The van der Waals surface area contributed by atoms with Gasteiger partial charge in [0.1, 0.15) is 12.4 Å². The van der Waals surface area contributed by atoms with Gasteiger partial charge in [0.25, 0.3) is 0 Å². The summed E-state index contributed by atoms with van der Waals surface area (Å²) < 4.78 is 7.39. The average molecular weight is 274 g/mol. The van der Waals surface area contributed by atoms with E-state index in [2.05, 4.69) is 5.10 Å². The van der Waals surface area contributed by atoms with Crippen LogP contribution in [0.1, 0.15) is 27.3 Å². The van der Waals surface area contributed by atoms with E-state index in [-0.39, 0.29) is 5.69 Å². The molecule has 5 heteroatoms. The monoisotopic (exact) mass is 274 g/mol. The summed E-state index contributed by atoms with van der Waals surface area (Å²) in [4.78, 5) is 10.8. The third-order valence-electron chi connectivity index (χ3n) is 3.10. The van der Waals surface area contributed by atoms with Gasteiger partial charge >= 0.3 is 5.97 Å². The van der Waals surface area contributed by atoms with Crippen molar-refractivity contribution in [2.24, 2.45) is 0 Å². The van der Waals surface area contributed by atoms with Gasteiger partial charge < -0.3 is 9.84 Å². The van der Waals surface area contributed by atoms with Crippen LogP contribution in [0, 0.1) is 20.8 Å². The molecular formula is C15H18N2O3. The summed E-state index contributed by atoms with van der Waals surface area (Å²) in [7, 11) is 0. The van der Waals surface area contributed by atoms with Crippen molar-refractivity contribution < 1.29 is 14.6 Å². The van der Waals surface area contributed by atoms with Crippen LogP contribution in [-0.4, -0.2) is 27.5 Å². The molecule has 1 aromatic heterocycles. The number of nitrogens with zero attached hydrogens (tertiary/aromatic N) is 2. The minimum Gasteiger partial charge on any atom is -0.491 e. The molecule has 0 amide bonds. The first-order valence-electron chi connectivity index (χ1n) is 6.45. The van der Waals surface area contributed by atoms with Crippen LogP contribution < -0.4 is 4.74 Å². The molecule has 0 fully saturated rings. The molecule has 1 N–H and O–H groups in total. The van der Waals surface area contributed by atoms with Crippen LogP contribution >= 0.6 is 0 Å². The van der Waals surface area contributed by atoms with Gasteiger partial charge in [-0.25, -0.2) is 4.79 Å². The van der Waals surface area contributed by atoms with E-state index in [1.807, 2.05) is 39.0 Å². The minimum absolute atomic E-state index is 0.0641. The number of carboxylic acid groups (broad SMARTS) is 1. The van der Waals surface area contributed by atoms with Gasteiger partial charge in [0.2, 0.25) is 0 Å². The van der Waals surface area contributed by atoms with Crippen LogP contribution in [0.3, 0.4) is 0 Å². The second-order valence-corrected chi connectivity index (χ2v) is 4.82. The zero-order chi connectivity index (χ0) is 14.7. The van der Waals surface area contributed by atoms with Crippen molar-refractivity contribution in [1.29, 1.82) is 0 Å². The Bertz CT molecular complexity index is 632. The molecule has 20 heavy (non-hydrogen) atoms. The number of carbonyl (C=O) groups is 1. The number of ether oxygens (including phenoxy) is 1. The molecule has 0 atom stereocenters. The molecule has 1 aromatic carbocycles. The predicted octanol–water partition coefficient (Wildman–Crippen LogP) is 2.59. The lowest BCUT2D eigenvalue weighted by Crippen LogP contribution is -2.12. The van der Waals surface area contributed by atoms with E-state index < -0.39 is 5.97 Å². The predicted molar refractivity (Wildman–Crippen MR) is 75.3 cm³/mol. The van der Waals surface area contributed by atoms with Gasteiger partial charge in [0.15, 0.2) is 5.69 Å². The minimum atomic E-state index is -1.01. The number of benzene rings is 1. The highest BCUT2D eigenvalue weighted by molar-refractivity contribution is 5.85. The largest absolute Gasteiger partial charge is 0.491 e. The van der Waals surface area contributed by atoms with Gasteiger partial charge in [-0.2, -0.15) is 5.10 Å². The Hall–Kier alpha value is -2.30. The van der Waals surface area contributed by atoms with Crippen LogP contribution in [0.15, 0.2) is 24.3 Å². The third-order valence-corrected chi connectivity index (χ3v) is 3.10. The van der Waals surface area contributed by atoms with Crippen molar-refractivity contribution in [2.45, 2.75) is 27.3 Å². The van der Waals surface area contributed by atoms with Crippen molar-refractivity contribution in [3.05, 3.63) is 46.8 Å². The zero-order valence-electron chi connectivity index (χ0n) is 11.9. The SMILES string of the molecule is Cc1ccc(C)c(OCCn2nc(C(=O)O)cc2C)c1. The molecule has 0 aliphatic heterocycles. The molecule has 106 valence electrons. The Morgan fingerprint density at radius 1 is 1.30 bits per heavy atom. The summed E-state index contributed by atoms with van der Waals surface area (Å²) in [6.07, 6.45) is 0. The molecule has 0 spiro atoms. The van der Waals surface area contributed by atoms with Crippen molar-refractivity contribution >= 4 is 5.97 Å². The molecule has 0 bridgehead atoms. The van der Waals surface area contributed by atoms with Gasteiger partial charge in [-0.1, -0.05) is 12.1 Å². The number of rotatable bonds is 5. The quantitative estimate of drug-likeness (QED) is 0.910. The number of aromatic carboxylic acids is 1. The number of hydrogen-bond acceptors (Lipinski definition) is 3. The smallest absolute Gasteiger partial charge is 0.356 e. The van der Waals surface area contributed by atoms with E-state index in [1.165, 1.54) is 0 Å². The lowest BCUT2D eigenvalue weighted by molar-refractivity contribution is 0.0689. The first-order valence-corrected chi connectivity index (χ1v) is 6.45. The van der Waals surface area contributed by atoms with Crippen molar-refractivity contribution in [1.82, 2.24) is 9.78 Å². The standard InChI is InChI=1S/C15H18N2O3/c1-10-4-5-11(2)14(8-10)20-7-6-17-12(3)9-13(16-17)15(18)19/h4-5,8-9H,6-7H2,1-3H3,(H,18,19). The fraction of sp³-hybridized carbons (Fsp3) is 0.333. The molecule has 0 aliphatic carbocycles. The van der Waals surface area contributed by atoms with Crippen molar-refractivity contribution in [3.63, 3.8) is 0 Å². The van der Waals surface area contributed by atoms with Crippen LogP contribution in [0.5, 0.6) is 5.75 Å². The summed E-state index contributed by atoms with van der Waals surface area (Å²) in [6, 6.07) is 7.61. The number of aryl methyl sites for hydroxylation is 3. The first kappa shape index (κ1) is 14.1. The second-order valence-electron chi connectivity index (χ2n) is 4.82. The third kappa shape index (κ3) is 3.17. The van der Waals surface area contributed by atoms with Gasteiger partial charge in [-0.3, -0.25) is 4.68 Å². The maximum atomic E-state index is 10.8. The Labute approximate surface area is 117 Å². The summed E-state index contributed by atoms with van der Waals surface area (Å²) in [6.45, 7) is 6.81. The van der Waals surface area contributed by atoms with Crippen LogP contribution in [-0.2, 0) is 6.54 Å². The molecule has 0 saturated carbocycles. The molecule has 2 rings (SSSR count). The van der Waals surface area contributed by atoms with Crippen LogP contribution in [0.25, 0.3) is 0 Å². The average Bonchev–Trinajstić information content (AvgIpc) is 2.76. The van der Waals surface area contributed by atoms with E-state index in [9.17, 15) is 4.79 Å². The molecule has 0 aliphatic rings. The highest BCUT2D eigenvalue weighted by atomic mass is 16.5. The van der Waals surface area contributed by atoms with Gasteiger partial charge in [-0.15, -0.1) is 0 Å². The van der Waals surface area contributed by atoms with E-state index >= 15 is 0 Å².